The Bertz CT molecular complexity index is 663. The standard InChI is InChI=1S/C17H19NO2S.BrH/c1-21-17-5-3-2-4-12(17)14-10-18-7-6-11-8-15(19)16(20)9-13(11)14;/h2-5,8-9,14,18-20H,6-7,10H2,1H3;1H. The lowest BCUT2D eigenvalue weighted by Crippen LogP contribution is -2.21. The predicted octanol–water partition coefficient (Wildman–Crippen LogP) is 3.68. The van der Waals surface area contributed by atoms with Crippen LogP contribution in [0.2, 0.25) is 0 Å². The largest absolute Gasteiger partial charge is 0.504 e. The van der Waals surface area contributed by atoms with E-state index in [-0.39, 0.29) is 34.4 Å². The topological polar surface area (TPSA) is 52.5 Å². The molecule has 3 nitrogen and oxygen atoms in total. The van der Waals surface area contributed by atoms with Gasteiger partial charge < -0.3 is 15.5 Å². The van der Waals surface area contributed by atoms with Crippen LogP contribution >= 0.6 is 28.7 Å². The van der Waals surface area contributed by atoms with Crippen LogP contribution in [0.5, 0.6) is 11.5 Å². The van der Waals surface area contributed by atoms with Gasteiger partial charge >= 0.3 is 0 Å². The number of thioether (sulfide) groups is 1. The van der Waals surface area contributed by atoms with Crippen LogP contribution in [0.4, 0.5) is 0 Å². The van der Waals surface area contributed by atoms with Crippen LogP contribution in [0.25, 0.3) is 0 Å². The molecule has 2 aromatic carbocycles. The number of hydrogen-bond donors (Lipinski definition) is 3. The van der Waals surface area contributed by atoms with Crippen LogP contribution in [0.15, 0.2) is 41.3 Å². The molecule has 0 aliphatic carbocycles. The quantitative estimate of drug-likeness (QED) is 0.548. The van der Waals surface area contributed by atoms with Gasteiger partial charge in [0.1, 0.15) is 0 Å². The molecule has 0 spiro atoms. The van der Waals surface area contributed by atoms with Gasteiger partial charge in [0.05, 0.1) is 0 Å². The van der Waals surface area contributed by atoms with Gasteiger partial charge in [-0.05, 0) is 54.1 Å². The third-order valence-electron chi connectivity index (χ3n) is 4.05. The zero-order valence-corrected chi connectivity index (χ0v) is 14.9. The predicted molar refractivity (Wildman–Crippen MR) is 96.7 cm³/mol. The highest BCUT2D eigenvalue weighted by Gasteiger charge is 2.23. The van der Waals surface area contributed by atoms with Crippen molar-refractivity contribution in [3.63, 3.8) is 0 Å². The second-order valence-electron chi connectivity index (χ2n) is 5.29. The number of benzene rings is 2. The van der Waals surface area contributed by atoms with E-state index in [1.165, 1.54) is 10.5 Å². The van der Waals surface area contributed by atoms with Crippen molar-refractivity contribution in [3.8, 4) is 11.5 Å². The van der Waals surface area contributed by atoms with E-state index in [1.54, 1.807) is 23.9 Å². The van der Waals surface area contributed by atoms with Gasteiger partial charge in [-0.3, -0.25) is 0 Å². The Kier molecular flexibility index (Phi) is 5.78. The fraction of sp³-hybridized carbons (Fsp3) is 0.294. The summed E-state index contributed by atoms with van der Waals surface area (Å²) in [6.07, 6.45) is 2.94. The fourth-order valence-corrected chi connectivity index (χ4v) is 3.65. The number of halogens is 1. The van der Waals surface area contributed by atoms with E-state index in [4.69, 9.17) is 0 Å². The number of phenolic OH excluding ortho intramolecular Hbond substituents is 2. The highest BCUT2D eigenvalue weighted by molar-refractivity contribution is 8.93. The highest BCUT2D eigenvalue weighted by Crippen LogP contribution is 2.38. The van der Waals surface area contributed by atoms with Gasteiger partial charge in [0.15, 0.2) is 11.5 Å². The summed E-state index contributed by atoms with van der Waals surface area (Å²) in [4.78, 5) is 1.25. The minimum absolute atomic E-state index is 0. The maximum Gasteiger partial charge on any atom is 0.157 e. The molecule has 0 aromatic heterocycles. The maximum absolute atomic E-state index is 9.88. The first kappa shape index (κ1) is 17.2. The Morgan fingerprint density at radius 1 is 1.09 bits per heavy atom. The summed E-state index contributed by atoms with van der Waals surface area (Å²) in [6, 6.07) is 11.8. The lowest BCUT2D eigenvalue weighted by atomic mass is 9.87. The average Bonchev–Trinajstić information content (AvgIpc) is 2.70. The zero-order valence-electron chi connectivity index (χ0n) is 12.4. The van der Waals surface area contributed by atoms with Gasteiger partial charge in [-0.2, -0.15) is 0 Å². The molecule has 1 aliphatic rings. The highest BCUT2D eigenvalue weighted by atomic mass is 79.9. The van der Waals surface area contributed by atoms with Crippen LogP contribution in [-0.2, 0) is 6.42 Å². The monoisotopic (exact) mass is 381 g/mol. The van der Waals surface area contributed by atoms with Crippen molar-refractivity contribution in [2.24, 2.45) is 0 Å². The van der Waals surface area contributed by atoms with Crippen molar-refractivity contribution < 1.29 is 10.2 Å². The lowest BCUT2D eigenvalue weighted by molar-refractivity contribution is 0.402. The molecular formula is C17H20BrNO2S. The first-order chi connectivity index (χ1) is 10.2. The Morgan fingerprint density at radius 2 is 1.82 bits per heavy atom. The summed E-state index contributed by atoms with van der Waals surface area (Å²) in [5, 5.41) is 23.1. The molecule has 0 saturated heterocycles. The van der Waals surface area contributed by atoms with Gasteiger partial charge in [-0.1, -0.05) is 18.2 Å². The minimum atomic E-state index is -0.0396. The van der Waals surface area contributed by atoms with E-state index in [9.17, 15) is 10.2 Å². The molecular weight excluding hydrogens is 362 g/mol. The molecule has 0 radical (unpaired) electrons. The molecule has 2 aromatic rings. The van der Waals surface area contributed by atoms with E-state index < -0.39 is 0 Å². The molecule has 1 heterocycles. The summed E-state index contributed by atoms with van der Waals surface area (Å²) in [6.45, 7) is 1.73. The summed E-state index contributed by atoms with van der Waals surface area (Å²) in [5.41, 5.74) is 3.48. The fourth-order valence-electron chi connectivity index (χ4n) is 2.99. The number of rotatable bonds is 2. The summed E-state index contributed by atoms with van der Waals surface area (Å²) < 4.78 is 0. The molecule has 1 aliphatic heterocycles. The van der Waals surface area contributed by atoms with Crippen LogP contribution in [0.1, 0.15) is 22.6 Å². The Morgan fingerprint density at radius 3 is 2.59 bits per heavy atom. The van der Waals surface area contributed by atoms with Crippen molar-refractivity contribution >= 4 is 28.7 Å². The summed E-state index contributed by atoms with van der Waals surface area (Å²) in [7, 11) is 0. The number of hydrogen-bond acceptors (Lipinski definition) is 4. The third-order valence-corrected chi connectivity index (χ3v) is 4.86. The number of aromatic hydroxyl groups is 2. The second kappa shape index (κ2) is 7.40. The molecule has 3 N–H and O–H groups in total. The van der Waals surface area contributed by atoms with Gasteiger partial charge in [0.25, 0.3) is 0 Å². The first-order valence-electron chi connectivity index (χ1n) is 7.09. The molecule has 3 rings (SSSR count). The summed E-state index contributed by atoms with van der Waals surface area (Å²) >= 11 is 1.74. The molecule has 5 heteroatoms. The molecule has 0 amide bonds. The molecule has 1 unspecified atom stereocenters. The zero-order chi connectivity index (χ0) is 14.8. The minimum Gasteiger partial charge on any atom is -0.504 e. The van der Waals surface area contributed by atoms with E-state index >= 15 is 0 Å². The van der Waals surface area contributed by atoms with E-state index in [1.807, 2.05) is 0 Å². The molecule has 22 heavy (non-hydrogen) atoms. The Hall–Kier alpha value is -1.17. The van der Waals surface area contributed by atoms with Crippen molar-refractivity contribution in [1.29, 1.82) is 0 Å². The second-order valence-corrected chi connectivity index (χ2v) is 6.14. The molecule has 118 valence electrons. The number of nitrogens with one attached hydrogen (secondary N) is 1. The normalized spacial score (nSPS) is 17.2. The van der Waals surface area contributed by atoms with Gasteiger partial charge in [0, 0.05) is 17.4 Å². The van der Waals surface area contributed by atoms with Crippen molar-refractivity contribution in [1.82, 2.24) is 5.32 Å². The van der Waals surface area contributed by atoms with E-state index in [2.05, 4.69) is 35.8 Å². The molecule has 1 atom stereocenters. The number of fused-ring (bicyclic) bond motifs is 1. The Labute approximate surface area is 145 Å². The molecule has 0 fully saturated rings. The molecule has 0 saturated carbocycles. The van der Waals surface area contributed by atoms with Gasteiger partial charge in [-0.15, -0.1) is 28.7 Å². The number of phenols is 2. The maximum atomic E-state index is 9.88. The SMILES string of the molecule is Br.CSc1ccccc1C1CNCCc2cc(O)c(O)cc21. The molecule has 0 bridgehead atoms. The van der Waals surface area contributed by atoms with Crippen LogP contribution in [0, 0.1) is 0 Å². The van der Waals surface area contributed by atoms with Crippen molar-refractivity contribution in [2.75, 3.05) is 19.3 Å². The first-order valence-corrected chi connectivity index (χ1v) is 8.31. The van der Waals surface area contributed by atoms with Crippen molar-refractivity contribution in [2.45, 2.75) is 17.2 Å². The van der Waals surface area contributed by atoms with Crippen LogP contribution < -0.4 is 5.32 Å². The van der Waals surface area contributed by atoms with E-state index in [0.29, 0.717) is 0 Å². The van der Waals surface area contributed by atoms with Crippen LogP contribution in [-0.4, -0.2) is 29.6 Å². The Balaban J connectivity index is 0.00000176. The van der Waals surface area contributed by atoms with Gasteiger partial charge in [-0.25, -0.2) is 0 Å². The van der Waals surface area contributed by atoms with Crippen LogP contribution in [0.3, 0.4) is 0 Å². The lowest BCUT2D eigenvalue weighted by Gasteiger charge is -2.21. The smallest absolute Gasteiger partial charge is 0.157 e. The van der Waals surface area contributed by atoms with Gasteiger partial charge in [0.2, 0.25) is 0 Å². The van der Waals surface area contributed by atoms with Crippen molar-refractivity contribution in [3.05, 3.63) is 53.1 Å². The van der Waals surface area contributed by atoms with E-state index in [0.717, 1.165) is 30.6 Å². The third kappa shape index (κ3) is 3.26. The average molecular weight is 382 g/mol. The summed E-state index contributed by atoms with van der Waals surface area (Å²) in [5.74, 6) is 0.118.